The number of hydrogen-bond acceptors (Lipinski definition) is 4. The third kappa shape index (κ3) is 2.91. The number of rotatable bonds is 5. The summed E-state index contributed by atoms with van der Waals surface area (Å²) in [7, 11) is 0. The van der Waals surface area contributed by atoms with Crippen molar-refractivity contribution in [2.45, 2.75) is 13.0 Å². The highest BCUT2D eigenvalue weighted by Crippen LogP contribution is 2.29. The zero-order chi connectivity index (χ0) is 13.0. The minimum Gasteiger partial charge on any atom is -0.461 e. The van der Waals surface area contributed by atoms with Gasteiger partial charge in [-0.3, -0.25) is 0 Å². The van der Waals surface area contributed by atoms with Gasteiger partial charge in [0.2, 0.25) is 0 Å². The molecule has 4 nitrogen and oxygen atoms in total. The number of furan rings is 1. The Bertz CT molecular complexity index is 507. The number of anilines is 1. The molecule has 0 aliphatic heterocycles. The van der Waals surface area contributed by atoms with Crippen LogP contribution in [0.15, 0.2) is 40.8 Å². The molecule has 0 saturated heterocycles. The molecule has 3 N–H and O–H groups in total. The van der Waals surface area contributed by atoms with Crippen molar-refractivity contribution >= 4 is 5.69 Å². The van der Waals surface area contributed by atoms with Gasteiger partial charge in [-0.15, -0.1) is 0 Å². The van der Waals surface area contributed by atoms with Crippen molar-refractivity contribution in [1.29, 1.82) is 0 Å². The van der Waals surface area contributed by atoms with E-state index < -0.39 is 6.10 Å². The first-order chi connectivity index (χ1) is 8.70. The zero-order valence-corrected chi connectivity index (χ0v) is 10.3. The molecule has 2 rings (SSSR count). The second-order valence-electron chi connectivity index (χ2n) is 4.17. The van der Waals surface area contributed by atoms with Crippen molar-refractivity contribution in [3.63, 3.8) is 0 Å². The number of aliphatic hydroxyl groups is 2. The van der Waals surface area contributed by atoms with Crippen LogP contribution in [0.3, 0.4) is 0 Å². The average molecular weight is 247 g/mol. The Labute approximate surface area is 106 Å². The van der Waals surface area contributed by atoms with E-state index in [0.717, 1.165) is 22.8 Å². The van der Waals surface area contributed by atoms with Crippen molar-refractivity contribution in [1.82, 2.24) is 0 Å². The van der Waals surface area contributed by atoms with Crippen molar-refractivity contribution in [2.75, 3.05) is 18.5 Å². The molecule has 1 atom stereocenters. The molecule has 1 heterocycles. The fourth-order valence-corrected chi connectivity index (χ4v) is 1.72. The van der Waals surface area contributed by atoms with Crippen LogP contribution < -0.4 is 5.32 Å². The minimum atomic E-state index is -0.767. The van der Waals surface area contributed by atoms with E-state index in [2.05, 4.69) is 5.32 Å². The smallest absolute Gasteiger partial charge is 0.136 e. The van der Waals surface area contributed by atoms with Gasteiger partial charge in [-0.1, -0.05) is 12.1 Å². The summed E-state index contributed by atoms with van der Waals surface area (Å²) in [5, 5.41) is 21.2. The third-order valence-corrected chi connectivity index (χ3v) is 2.67. The lowest BCUT2D eigenvalue weighted by molar-refractivity contribution is 0.105. The van der Waals surface area contributed by atoms with Gasteiger partial charge in [0.05, 0.1) is 12.7 Å². The van der Waals surface area contributed by atoms with Gasteiger partial charge in [0.25, 0.3) is 0 Å². The fourth-order valence-electron chi connectivity index (χ4n) is 1.72. The maximum atomic E-state index is 9.35. The molecule has 0 amide bonds. The van der Waals surface area contributed by atoms with Gasteiger partial charge < -0.3 is 19.9 Å². The van der Waals surface area contributed by atoms with Crippen LogP contribution in [-0.2, 0) is 0 Å². The van der Waals surface area contributed by atoms with E-state index in [0.29, 0.717) is 6.54 Å². The molecule has 0 bridgehead atoms. The molecule has 96 valence electrons. The van der Waals surface area contributed by atoms with Crippen LogP contribution in [0.2, 0.25) is 0 Å². The third-order valence-electron chi connectivity index (χ3n) is 2.67. The maximum Gasteiger partial charge on any atom is 0.136 e. The highest BCUT2D eigenvalue weighted by atomic mass is 16.3. The molecule has 0 spiro atoms. The second-order valence-corrected chi connectivity index (χ2v) is 4.17. The first-order valence-corrected chi connectivity index (χ1v) is 5.89. The van der Waals surface area contributed by atoms with Crippen molar-refractivity contribution in [2.24, 2.45) is 0 Å². The van der Waals surface area contributed by atoms with Gasteiger partial charge in [0, 0.05) is 17.8 Å². The summed E-state index contributed by atoms with van der Waals surface area (Å²) < 4.78 is 5.59. The van der Waals surface area contributed by atoms with Gasteiger partial charge in [0.1, 0.15) is 11.5 Å². The molecule has 0 aliphatic carbocycles. The Morgan fingerprint density at radius 3 is 2.67 bits per heavy atom. The van der Waals surface area contributed by atoms with E-state index in [-0.39, 0.29) is 6.61 Å². The Kier molecular flexibility index (Phi) is 4.02. The molecular weight excluding hydrogens is 230 g/mol. The van der Waals surface area contributed by atoms with Crippen LogP contribution in [0.4, 0.5) is 5.69 Å². The van der Waals surface area contributed by atoms with Gasteiger partial charge in [-0.05, 0) is 31.2 Å². The lowest BCUT2D eigenvalue weighted by atomic mass is 10.1. The Morgan fingerprint density at radius 1 is 1.22 bits per heavy atom. The largest absolute Gasteiger partial charge is 0.461 e. The number of aliphatic hydroxyl groups excluding tert-OH is 2. The molecule has 0 aliphatic rings. The number of benzene rings is 1. The van der Waals surface area contributed by atoms with Crippen LogP contribution in [0.5, 0.6) is 0 Å². The molecule has 1 aromatic heterocycles. The standard InChI is InChI=1S/C14H17NO3/c1-10-6-7-14(18-10)12-4-2-3-5-13(12)15-8-11(17)9-16/h2-7,11,15-17H,8-9H2,1H3. The SMILES string of the molecule is Cc1ccc(-c2ccccc2NCC(O)CO)o1. The summed E-state index contributed by atoms with van der Waals surface area (Å²) in [5.41, 5.74) is 1.81. The summed E-state index contributed by atoms with van der Waals surface area (Å²) in [4.78, 5) is 0. The Balaban J connectivity index is 2.20. The van der Waals surface area contributed by atoms with Crippen LogP contribution in [0, 0.1) is 6.92 Å². The summed E-state index contributed by atoms with van der Waals surface area (Å²) in [6.07, 6.45) is -0.767. The van der Waals surface area contributed by atoms with Crippen molar-refractivity contribution in [3.05, 3.63) is 42.2 Å². The predicted molar refractivity (Wildman–Crippen MR) is 70.5 cm³/mol. The first kappa shape index (κ1) is 12.7. The first-order valence-electron chi connectivity index (χ1n) is 5.89. The number of hydrogen-bond donors (Lipinski definition) is 3. The average Bonchev–Trinajstić information content (AvgIpc) is 2.83. The second kappa shape index (κ2) is 5.71. The summed E-state index contributed by atoms with van der Waals surface area (Å²) in [6.45, 7) is 1.94. The molecule has 0 saturated carbocycles. The molecule has 18 heavy (non-hydrogen) atoms. The fraction of sp³-hybridized carbons (Fsp3) is 0.286. The van der Waals surface area contributed by atoms with Gasteiger partial charge in [-0.25, -0.2) is 0 Å². The molecule has 2 aromatic rings. The zero-order valence-electron chi connectivity index (χ0n) is 10.3. The molecule has 4 heteroatoms. The quantitative estimate of drug-likeness (QED) is 0.756. The Morgan fingerprint density at radius 2 is 2.00 bits per heavy atom. The normalized spacial score (nSPS) is 12.4. The van der Waals surface area contributed by atoms with Crippen LogP contribution in [0.25, 0.3) is 11.3 Å². The minimum absolute atomic E-state index is 0.255. The van der Waals surface area contributed by atoms with E-state index in [1.165, 1.54) is 0 Å². The molecule has 1 aromatic carbocycles. The monoisotopic (exact) mass is 247 g/mol. The van der Waals surface area contributed by atoms with E-state index in [4.69, 9.17) is 9.52 Å². The van der Waals surface area contributed by atoms with Crippen LogP contribution in [-0.4, -0.2) is 29.5 Å². The van der Waals surface area contributed by atoms with Crippen LogP contribution in [0.1, 0.15) is 5.76 Å². The lowest BCUT2D eigenvalue weighted by Crippen LogP contribution is -2.23. The van der Waals surface area contributed by atoms with E-state index in [1.54, 1.807) is 0 Å². The molecule has 0 fully saturated rings. The summed E-state index contributed by atoms with van der Waals surface area (Å²) >= 11 is 0. The molecule has 1 unspecified atom stereocenters. The van der Waals surface area contributed by atoms with E-state index in [9.17, 15) is 5.11 Å². The number of aryl methyl sites for hydroxylation is 1. The number of para-hydroxylation sites is 1. The lowest BCUT2D eigenvalue weighted by Gasteiger charge is -2.13. The van der Waals surface area contributed by atoms with E-state index in [1.807, 2.05) is 43.3 Å². The molecule has 0 radical (unpaired) electrons. The highest BCUT2D eigenvalue weighted by molar-refractivity contribution is 5.74. The van der Waals surface area contributed by atoms with Gasteiger partial charge in [-0.2, -0.15) is 0 Å². The van der Waals surface area contributed by atoms with Crippen molar-refractivity contribution < 1.29 is 14.6 Å². The predicted octanol–water partition coefficient (Wildman–Crippen LogP) is 2.02. The highest BCUT2D eigenvalue weighted by Gasteiger charge is 2.09. The number of nitrogens with one attached hydrogen (secondary N) is 1. The Hall–Kier alpha value is -1.78. The maximum absolute atomic E-state index is 9.35. The summed E-state index contributed by atoms with van der Waals surface area (Å²) in [5.74, 6) is 1.64. The van der Waals surface area contributed by atoms with Crippen LogP contribution >= 0.6 is 0 Å². The van der Waals surface area contributed by atoms with Gasteiger partial charge >= 0.3 is 0 Å². The topological polar surface area (TPSA) is 65.6 Å². The van der Waals surface area contributed by atoms with Crippen molar-refractivity contribution in [3.8, 4) is 11.3 Å². The van der Waals surface area contributed by atoms with Gasteiger partial charge in [0.15, 0.2) is 0 Å². The molecular formula is C14H17NO3. The summed E-state index contributed by atoms with van der Waals surface area (Å²) in [6, 6.07) is 11.5. The van der Waals surface area contributed by atoms with E-state index >= 15 is 0 Å².